The maximum Gasteiger partial charge on any atom is 0.418 e. The number of carbonyl (C=O) groups is 2. The molecule has 1 aliphatic rings. The molecule has 4 heterocycles. The van der Waals surface area contributed by atoms with Crippen molar-refractivity contribution in [1.29, 1.82) is 0 Å². The van der Waals surface area contributed by atoms with Crippen LogP contribution in [-0.2, 0) is 22.1 Å². The second-order valence-corrected chi connectivity index (χ2v) is 10.8. The molecule has 2 atom stereocenters. The fraction of sp³-hybridized carbons (Fsp3) is 0.333. The van der Waals surface area contributed by atoms with Gasteiger partial charge in [0.15, 0.2) is 0 Å². The van der Waals surface area contributed by atoms with Crippen molar-refractivity contribution in [3.63, 3.8) is 0 Å². The summed E-state index contributed by atoms with van der Waals surface area (Å²) in [6, 6.07) is 0.617. The van der Waals surface area contributed by atoms with E-state index in [0.717, 1.165) is 6.07 Å². The number of nitrogens with one attached hydrogen (secondary N) is 1. The summed E-state index contributed by atoms with van der Waals surface area (Å²) in [5.74, 6) is -6.18. The number of amides is 1. The topological polar surface area (TPSA) is 109 Å². The zero-order chi connectivity index (χ0) is 34.4. The number of aryl methyl sites for hydroxylation is 2. The Kier molecular flexibility index (Phi) is 8.87. The summed E-state index contributed by atoms with van der Waals surface area (Å²) >= 11 is 0. The van der Waals surface area contributed by atoms with E-state index in [1.165, 1.54) is 42.8 Å². The minimum absolute atomic E-state index is 0.00725. The number of carboxylic acid groups (broad SMARTS) is 1. The van der Waals surface area contributed by atoms with Crippen molar-refractivity contribution in [2.45, 2.75) is 44.7 Å². The first kappa shape index (κ1) is 33.6. The number of anilines is 1. The van der Waals surface area contributed by atoms with Crippen LogP contribution in [0.2, 0.25) is 0 Å². The van der Waals surface area contributed by atoms with Gasteiger partial charge in [0.2, 0.25) is 0 Å². The maximum absolute atomic E-state index is 15.1. The van der Waals surface area contributed by atoms with E-state index < -0.39 is 83.5 Å². The van der Waals surface area contributed by atoms with Gasteiger partial charge in [0, 0.05) is 48.0 Å². The molecule has 0 aliphatic carbocycles. The van der Waals surface area contributed by atoms with Crippen LogP contribution in [0.25, 0.3) is 16.9 Å². The van der Waals surface area contributed by atoms with Gasteiger partial charge in [-0.1, -0.05) is 0 Å². The highest BCUT2D eigenvalue weighted by atomic mass is 19.4. The van der Waals surface area contributed by atoms with E-state index in [-0.39, 0.29) is 30.1 Å². The minimum atomic E-state index is -4.78. The van der Waals surface area contributed by atoms with Crippen LogP contribution in [0, 0.1) is 25.5 Å². The van der Waals surface area contributed by atoms with E-state index in [1.54, 1.807) is 0 Å². The first-order chi connectivity index (χ1) is 22.0. The number of ether oxygens (including phenoxy) is 1. The lowest BCUT2D eigenvalue weighted by Gasteiger charge is -2.38. The predicted molar refractivity (Wildman–Crippen MR) is 150 cm³/mol. The highest BCUT2D eigenvalue weighted by molar-refractivity contribution is 5.97. The second-order valence-electron chi connectivity index (χ2n) is 10.8. The summed E-state index contributed by atoms with van der Waals surface area (Å²) in [6.07, 6.45) is -7.45. The molecule has 1 saturated heterocycles. The molecule has 250 valence electrons. The zero-order valence-electron chi connectivity index (χ0n) is 24.5. The van der Waals surface area contributed by atoms with Crippen molar-refractivity contribution in [3.05, 3.63) is 82.4 Å². The molecule has 0 radical (unpaired) electrons. The first-order valence-electron chi connectivity index (χ1n) is 13.9. The maximum atomic E-state index is 15.1. The van der Waals surface area contributed by atoms with Crippen molar-refractivity contribution in [1.82, 2.24) is 19.7 Å². The Bertz CT molecular complexity index is 1830. The fourth-order valence-electron chi connectivity index (χ4n) is 5.31. The third kappa shape index (κ3) is 6.70. The standard InChI is InChI=1S/C30H25F8N5O4/c1-14-9-19(29(33,34)35)25(40-15(14)2)18-4-3-16(43-6-5-39-26(18)43)12-22(28(45)46)41-27(44)24-20(31)10-17(11-21(24)32)42-7-8-47-13-23(42)30(36,37)38/h3-6,9-11,22-23H,7-8,12-13H2,1-2H3,(H,41,44)(H,45,46)/t22-,23+/m0/s1. The fourth-order valence-corrected chi connectivity index (χ4v) is 5.31. The molecule has 1 fully saturated rings. The number of halogens is 8. The summed E-state index contributed by atoms with van der Waals surface area (Å²) in [7, 11) is 0. The lowest BCUT2D eigenvalue weighted by Crippen LogP contribution is -2.53. The van der Waals surface area contributed by atoms with E-state index >= 15 is 8.78 Å². The van der Waals surface area contributed by atoms with Gasteiger partial charge in [0.05, 0.1) is 24.5 Å². The number of benzene rings is 1. The molecule has 0 bridgehead atoms. The summed E-state index contributed by atoms with van der Waals surface area (Å²) < 4.78 is 119. The number of carbonyl (C=O) groups excluding carboxylic acids is 1. The number of carboxylic acids is 1. The van der Waals surface area contributed by atoms with Crippen molar-refractivity contribution < 1.29 is 54.6 Å². The molecule has 0 spiro atoms. The van der Waals surface area contributed by atoms with Gasteiger partial charge in [-0.3, -0.25) is 9.78 Å². The number of hydrogen-bond acceptors (Lipinski definition) is 6. The van der Waals surface area contributed by atoms with Gasteiger partial charge in [-0.25, -0.2) is 18.6 Å². The van der Waals surface area contributed by atoms with Crippen LogP contribution in [0.1, 0.15) is 32.9 Å². The number of imidazole rings is 1. The molecule has 0 unspecified atom stereocenters. The molecule has 47 heavy (non-hydrogen) atoms. The molecule has 1 aromatic carbocycles. The van der Waals surface area contributed by atoms with Crippen LogP contribution in [0.4, 0.5) is 40.8 Å². The van der Waals surface area contributed by atoms with E-state index in [2.05, 4.69) is 9.97 Å². The number of aromatic nitrogens is 3. The number of fused-ring (bicyclic) bond motifs is 1. The Labute approximate surface area is 260 Å². The van der Waals surface area contributed by atoms with E-state index in [0.29, 0.717) is 28.3 Å². The smallest absolute Gasteiger partial charge is 0.418 e. The Morgan fingerprint density at radius 3 is 2.38 bits per heavy atom. The third-order valence-electron chi connectivity index (χ3n) is 7.77. The monoisotopic (exact) mass is 671 g/mol. The lowest BCUT2D eigenvalue weighted by molar-refractivity contribution is -0.167. The quantitative estimate of drug-likeness (QED) is 0.250. The Hall–Kier alpha value is -4.80. The molecule has 4 aromatic rings. The number of alkyl halides is 6. The minimum Gasteiger partial charge on any atom is -0.480 e. The zero-order valence-corrected chi connectivity index (χ0v) is 24.5. The van der Waals surface area contributed by atoms with Crippen molar-refractivity contribution in [2.75, 3.05) is 24.7 Å². The van der Waals surface area contributed by atoms with Crippen molar-refractivity contribution >= 4 is 23.2 Å². The van der Waals surface area contributed by atoms with Gasteiger partial charge in [0.25, 0.3) is 5.91 Å². The number of nitrogens with zero attached hydrogens (tertiary/aromatic N) is 4. The van der Waals surface area contributed by atoms with Crippen LogP contribution in [-0.4, -0.2) is 69.4 Å². The molecule has 5 rings (SSSR count). The Morgan fingerprint density at radius 2 is 1.77 bits per heavy atom. The number of hydrogen-bond donors (Lipinski definition) is 2. The van der Waals surface area contributed by atoms with Crippen LogP contribution in [0.3, 0.4) is 0 Å². The molecule has 17 heteroatoms. The Balaban J connectivity index is 1.43. The van der Waals surface area contributed by atoms with Crippen molar-refractivity contribution in [2.24, 2.45) is 0 Å². The average molecular weight is 672 g/mol. The lowest BCUT2D eigenvalue weighted by atomic mass is 10.0. The third-order valence-corrected chi connectivity index (χ3v) is 7.77. The summed E-state index contributed by atoms with van der Waals surface area (Å²) in [6.45, 7) is 1.76. The van der Waals surface area contributed by atoms with Crippen LogP contribution in [0.5, 0.6) is 0 Å². The summed E-state index contributed by atoms with van der Waals surface area (Å²) in [5.41, 5.74) is -2.35. The molecule has 0 saturated carbocycles. The average Bonchev–Trinajstić information content (AvgIpc) is 3.47. The molecule has 1 aliphatic heterocycles. The largest absolute Gasteiger partial charge is 0.480 e. The SMILES string of the molecule is Cc1cc(C(F)(F)F)c(-c2ccc(C[C@H](NC(=O)c3c(F)cc(N4CCOC[C@@H]4C(F)(F)F)cc3F)C(=O)O)n3ccnc23)nc1C. The normalized spacial score (nSPS) is 16.4. The first-order valence-corrected chi connectivity index (χ1v) is 13.9. The van der Waals surface area contributed by atoms with Gasteiger partial charge in [-0.15, -0.1) is 0 Å². The van der Waals surface area contributed by atoms with Crippen LogP contribution >= 0.6 is 0 Å². The second kappa shape index (κ2) is 12.4. The summed E-state index contributed by atoms with van der Waals surface area (Å²) in [4.78, 5) is 34.0. The molecular formula is C30H25F8N5O4. The van der Waals surface area contributed by atoms with E-state index in [1.807, 2.05) is 5.32 Å². The molecule has 2 N–H and O–H groups in total. The number of morpholine rings is 1. The number of rotatable bonds is 7. The van der Waals surface area contributed by atoms with Gasteiger partial charge in [0.1, 0.15) is 34.9 Å². The van der Waals surface area contributed by atoms with Gasteiger partial charge >= 0.3 is 18.3 Å². The highest BCUT2D eigenvalue weighted by Gasteiger charge is 2.46. The number of pyridine rings is 2. The molecule has 1 amide bonds. The van der Waals surface area contributed by atoms with E-state index in [4.69, 9.17) is 4.74 Å². The Morgan fingerprint density at radius 1 is 1.09 bits per heavy atom. The highest BCUT2D eigenvalue weighted by Crippen LogP contribution is 2.38. The van der Waals surface area contributed by atoms with Crippen LogP contribution < -0.4 is 10.2 Å². The molecule has 3 aromatic heterocycles. The van der Waals surface area contributed by atoms with Gasteiger partial charge in [-0.05, 0) is 49.7 Å². The van der Waals surface area contributed by atoms with Gasteiger partial charge < -0.3 is 24.5 Å². The molecule has 9 nitrogen and oxygen atoms in total. The molecular weight excluding hydrogens is 646 g/mol. The summed E-state index contributed by atoms with van der Waals surface area (Å²) in [5, 5.41) is 11.9. The number of aliphatic carboxylic acids is 1. The van der Waals surface area contributed by atoms with Crippen molar-refractivity contribution in [3.8, 4) is 11.3 Å². The van der Waals surface area contributed by atoms with Gasteiger partial charge in [-0.2, -0.15) is 26.3 Å². The van der Waals surface area contributed by atoms with E-state index in [9.17, 15) is 41.0 Å². The predicted octanol–water partition coefficient (Wildman–Crippen LogP) is 5.50. The van der Waals surface area contributed by atoms with Crippen LogP contribution in [0.15, 0.2) is 42.7 Å².